The second kappa shape index (κ2) is 4.88. The van der Waals surface area contributed by atoms with Gasteiger partial charge in [0.05, 0.1) is 15.8 Å². The third-order valence-corrected chi connectivity index (χ3v) is 5.96. The molecule has 1 aromatic rings. The molecule has 2 N–H and O–H groups in total. The molecule has 0 aliphatic heterocycles. The average Bonchev–Trinajstić information content (AvgIpc) is 2.33. The zero-order valence-corrected chi connectivity index (χ0v) is 11.2. The van der Waals surface area contributed by atoms with Crippen LogP contribution in [0.25, 0.3) is 0 Å². The molecule has 0 aromatic heterocycles. The summed E-state index contributed by atoms with van der Waals surface area (Å²) in [6, 6.07) is 3.74. The maximum Gasteiger partial charge on any atom is 0.181 e. The second-order valence-electron chi connectivity index (χ2n) is 5.11. The molecular weight excluding hydrogens is 253 g/mol. The molecule has 5 heteroatoms. The molecule has 2 rings (SSSR count). The Labute approximate surface area is 107 Å². The molecule has 1 aliphatic rings. The van der Waals surface area contributed by atoms with Gasteiger partial charge in [0, 0.05) is 0 Å². The van der Waals surface area contributed by atoms with E-state index in [0.29, 0.717) is 18.8 Å². The van der Waals surface area contributed by atoms with E-state index in [1.165, 1.54) is 12.1 Å². The largest absolute Gasteiger partial charge is 0.396 e. The zero-order chi connectivity index (χ0) is 13.3. The van der Waals surface area contributed by atoms with Crippen molar-refractivity contribution in [2.75, 3.05) is 5.73 Å². The van der Waals surface area contributed by atoms with Crippen LogP contribution in [0.2, 0.25) is 0 Å². The Bertz CT molecular complexity index is 534. The Morgan fingerprint density at radius 3 is 2.39 bits per heavy atom. The maximum atomic E-state index is 13.3. The monoisotopic (exact) mass is 271 g/mol. The van der Waals surface area contributed by atoms with Crippen molar-refractivity contribution in [2.45, 2.75) is 42.8 Å². The van der Waals surface area contributed by atoms with E-state index in [4.69, 9.17) is 5.73 Å². The number of rotatable bonds is 2. The highest BCUT2D eigenvalue weighted by Crippen LogP contribution is 2.32. The molecule has 0 atom stereocenters. The first-order chi connectivity index (χ1) is 8.41. The molecule has 0 heterocycles. The molecular formula is C13H18FNO2S. The van der Waals surface area contributed by atoms with Crippen molar-refractivity contribution in [3.05, 3.63) is 24.0 Å². The van der Waals surface area contributed by atoms with Gasteiger partial charge in [-0.1, -0.05) is 6.92 Å². The first kappa shape index (κ1) is 13.3. The summed E-state index contributed by atoms with van der Waals surface area (Å²) >= 11 is 0. The maximum absolute atomic E-state index is 13.3. The fourth-order valence-electron chi connectivity index (χ4n) is 2.42. The smallest absolute Gasteiger partial charge is 0.181 e. The van der Waals surface area contributed by atoms with Gasteiger partial charge in [-0.2, -0.15) is 0 Å². The SMILES string of the molecule is CC1CCC(S(=O)(=O)c2ccc(N)c(F)c2)CC1. The molecule has 100 valence electrons. The van der Waals surface area contributed by atoms with Gasteiger partial charge in [-0.25, -0.2) is 12.8 Å². The fraction of sp³-hybridized carbons (Fsp3) is 0.538. The molecule has 0 bridgehead atoms. The predicted octanol–water partition coefficient (Wildman–Crippen LogP) is 2.76. The number of sulfone groups is 1. The van der Waals surface area contributed by atoms with Crippen molar-refractivity contribution in [3.8, 4) is 0 Å². The quantitative estimate of drug-likeness (QED) is 0.841. The number of hydrogen-bond acceptors (Lipinski definition) is 3. The van der Waals surface area contributed by atoms with Gasteiger partial charge in [-0.3, -0.25) is 0 Å². The third kappa shape index (κ3) is 2.51. The second-order valence-corrected chi connectivity index (χ2v) is 7.34. The van der Waals surface area contributed by atoms with Gasteiger partial charge in [0.2, 0.25) is 0 Å². The number of benzene rings is 1. The third-order valence-electron chi connectivity index (χ3n) is 3.70. The van der Waals surface area contributed by atoms with Gasteiger partial charge in [0.25, 0.3) is 0 Å². The molecule has 3 nitrogen and oxygen atoms in total. The topological polar surface area (TPSA) is 60.2 Å². The molecule has 1 fully saturated rings. The number of nitrogens with two attached hydrogens (primary N) is 1. The number of hydrogen-bond donors (Lipinski definition) is 1. The van der Waals surface area contributed by atoms with Gasteiger partial charge in [-0.15, -0.1) is 0 Å². The fourth-order valence-corrected chi connectivity index (χ4v) is 4.22. The van der Waals surface area contributed by atoms with Crippen LogP contribution in [0.15, 0.2) is 23.1 Å². The lowest BCUT2D eigenvalue weighted by atomic mass is 9.91. The van der Waals surface area contributed by atoms with Gasteiger partial charge in [-0.05, 0) is 49.8 Å². The minimum Gasteiger partial charge on any atom is -0.396 e. The van der Waals surface area contributed by atoms with Gasteiger partial charge < -0.3 is 5.73 Å². The van der Waals surface area contributed by atoms with Crippen molar-refractivity contribution in [1.29, 1.82) is 0 Å². The van der Waals surface area contributed by atoms with Crippen LogP contribution in [0.3, 0.4) is 0 Å². The summed E-state index contributed by atoms with van der Waals surface area (Å²) in [5, 5.41) is -0.378. The Hall–Kier alpha value is -1.10. The van der Waals surface area contributed by atoms with Gasteiger partial charge in [0.1, 0.15) is 5.82 Å². The van der Waals surface area contributed by atoms with Gasteiger partial charge in [0.15, 0.2) is 9.84 Å². The van der Waals surface area contributed by atoms with E-state index in [9.17, 15) is 12.8 Å². The molecule has 0 amide bonds. The lowest BCUT2D eigenvalue weighted by molar-refractivity contribution is 0.382. The van der Waals surface area contributed by atoms with Crippen LogP contribution < -0.4 is 5.73 Å². The summed E-state index contributed by atoms with van der Waals surface area (Å²) < 4.78 is 38.0. The average molecular weight is 271 g/mol. The lowest BCUT2D eigenvalue weighted by Gasteiger charge is -2.26. The van der Waals surface area contributed by atoms with Crippen LogP contribution in [0.4, 0.5) is 10.1 Å². The molecule has 0 saturated heterocycles. The number of anilines is 1. The van der Waals surface area contributed by atoms with E-state index in [0.717, 1.165) is 18.9 Å². The summed E-state index contributed by atoms with van der Waals surface area (Å²) in [4.78, 5) is 0.0498. The summed E-state index contributed by atoms with van der Waals surface area (Å²) in [5.74, 6) is -0.0835. The van der Waals surface area contributed by atoms with Crippen molar-refractivity contribution in [1.82, 2.24) is 0 Å². The van der Waals surface area contributed by atoms with Crippen LogP contribution in [-0.4, -0.2) is 13.7 Å². The van der Waals surface area contributed by atoms with Crippen molar-refractivity contribution in [2.24, 2.45) is 5.92 Å². The van der Waals surface area contributed by atoms with E-state index in [2.05, 4.69) is 6.92 Å². The highest BCUT2D eigenvalue weighted by Gasteiger charge is 2.31. The Morgan fingerprint density at radius 2 is 1.83 bits per heavy atom. The minimum absolute atomic E-state index is 0.0220. The van der Waals surface area contributed by atoms with Gasteiger partial charge >= 0.3 is 0 Å². The summed E-state index contributed by atoms with van der Waals surface area (Å²) in [7, 11) is -3.42. The normalized spacial score (nSPS) is 25.0. The highest BCUT2D eigenvalue weighted by atomic mass is 32.2. The van der Waals surface area contributed by atoms with E-state index >= 15 is 0 Å². The van der Waals surface area contributed by atoms with Crippen molar-refractivity contribution < 1.29 is 12.8 Å². The van der Waals surface area contributed by atoms with Crippen LogP contribution in [-0.2, 0) is 9.84 Å². The van der Waals surface area contributed by atoms with Crippen LogP contribution >= 0.6 is 0 Å². The van der Waals surface area contributed by atoms with Crippen LogP contribution in [0.5, 0.6) is 0 Å². The molecule has 18 heavy (non-hydrogen) atoms. The van der Waals surface area contributed by atoms with Crippen LogP contribution in [0.1, 0.15) is 32.6 Å². The Balaban J connectivity index is 2.27. The first-order valence-electron chi connectivity index (χ1n) is 6.20. The molecule has 1 aliphatic carbocycles. The summed E-state index contributed by atoms with van der Waals surface area (Å²) in [6.07, 6.45) is 3.16. The molecule has 1 aromatic carbocycles. The number of nitrogen functional groups attached to an aromatic ring is 1. The Kier molecular flexibility index (Phi) is 3.61. The van der Waals surface area contributed by atoms with E-state index in [-0.39, 0.29) is 15.8 Å². The lowest BCUT2D eigenvalue weighted by Crippen LogP contribution is -2.26. The highest BCUT2D eigenvalue weighted by molar-refractivity contribution is 7.92. The van der Waals surface area contributed by atoms with E-state index in [1.54, 1.807) is 0 Å². The molecule has 0 unspecified atom stereocenters. The van der Waals surface area contributed by atoms with Crippen molar-refractivity contribution >= 4 is 15.5 Å². The molecule has 0 spiro atoms. The summed E-state index contributed by atoms with van der Waals surface area (Å²) in [5.41, 5.74) is 5.34. The zero-order valence-electron chi connectivity index (χ0n) is 10.4. The number of halogens is 1. The van der Waals surface area contributed by atoms with Crippen molar-refractivity contribution in [3.63, 3.8) is 0 Å². The predicted molar refractivity (Wildman–Crippen MR) is 69.4 cm³/mol. The molecule has 1 saturated carbocycles. The Morgan fingerprint density at radius 1 is 1.22 bits per heavy atom. The van der Waals surface area contributed by atoms with Crippen LogP contribution in [0, 0.1) is 11.7 Å². The summed E-state index contributed by atoms with van der Waals surface area (Å²) in [6.45, 7) is 2.13. The van der Waals surface area contributed by atoms with E-state index < -0.39 is 15.7 Å². The van der Waals surface area contributed by atoms with E-state index in [1.807, 2.05) is 0 Å². The first-order valence-corrected chi connectivity index (χ1v) is 7.75. The minimum atomic E-state index is -3.42. The standard InChI is InChI=1S/C13H18FNO2S/c1-9-2-4-10(5-3-9)18(16,17)11-6-7-13(15)12(14)8-11/h6-10H,2-5,15H2,1H3. The molecule has 0 radical (unpaired) electrons.